The molecule has 1 aromatic carbocycles. The number of rotatable bonds is 5. The van der Waals surface area contributed by atoms with Crippen LogP contribution in [0.2, 0.25) is 25.7 Å². The van der Waals surface area contributed by atoms with Gasteiger partial charge in [-0.25, -0.2) is 0 Å². The zero-order chi connectivity index (χ0) is 14.8. The van der Waals surface area contributed by atoms with Crippen LogP contribution in [0, 0.1) is 11.3 Å². The van der Waals surface area contributed by atoms with E-state index in [2.05, 4.69) is 43.9 Å². The van der Waals surface area contributed by atoms with E-state index in [1.165, 1.54) is 13.2 Å². The van der Waals surface area contributed by atoms with Crippen LogP contribution in [-0.2, 0) is 9.53 Å². The Kier molecular flexibility index (Phi) is 4.19. The van der Waals surface area contributed by atoms with Crippen molar-refractivity contribution in [2.75, 3.05) is 7.11 Å². The van der Waals surface area contributed by atoms with Crippen LogP contribution in [0.4, 0.5) is 0 Å². The molecule has 0 saturated heterocycles. The highest BCUT2D eigenvalue weighted by Crippen LogP contribution is 2.58. The van der Waals surface area contributed by atoms with Gasteiger partial charge in [-0.05, 0) is 17.9 Å². The first-order valence-electron chi connectivity index (χ1n) is 7.20. The third-order valence-corrected chi connectivity index (χ3v) is 5.67. The predicted octanol–water partition coefficient (Wildman–Crippen LogP) is 4.22. The van der Waals surface area contributed by atoms with E-state index in [9.17, 15) is 4.79 Å². The molecule has 0 heterocycles. The second kappa shape index (κ2) is 5.56. The van der Waals surface area contributed by atoms with Crippen molar-refractivity contribution < 1.29 is 9.53 Å². The quantitative estimate of drug-likeness (QED) is 0.599. The van der Waals surface area contributed by atoms with Crippen molar-refractivity contribution in [2.45, 2.75) is 32.1 Å². The van der Waals surface area contributed by atoms with Gasteiger partial charge in [0.15, 0.2) is 0 Å². The second-order valence-corrected chi connectivity index (χ2v) is 12.5. The molecule has 2 rings (SSSR count). The Morgan fingerprint density at radius 2 is 2.00 bits per heavy atom. The van der Waals surface area contributed by atoms with E-state index in [0.29, 0.717) is 5.92 Å². The van der Waals surface area contributed by atoms with E-state index < -0.39 is 8.07 Å². The number of hydrogen-bond acceptors (Lipinski definition) is 2. The van der Waals surface area contributed by atoms with Gasteiger partial charge in [-0.1, -0.05) is 68.2 Å². The third-order valence-electron chi connectivity index (χ3n) is 3.95. The Morgan fingerprint density at radius 1 is 1.35 bits per heavy atom. The smallest absolute Gasteiger partial charge is 0.315 e. The fourth-order valence-corrected chi connectivity index (χ4v) is 4.85. The van der Waals surface area contributed by atoms with E-state index in [-0.39, 0.29) is 11.4 Å². The second-order valence-electron chi connectivity index (χ2n) is 6.94. The number of ether oxygens (including phenoxy) is 1. The highest BCUT2D eigenvalue weighted by Gasteiger charge is 2.59. The number of carbonyl (C=O) groups excluding carboxylic acids is 1. The highest BCUT2D eigenvalue weighted by atomic mass is 28.3. The van der Waals surface area contributed by atoms with Gasteiger partial charge >= 0.3 is 5.97 Å². The van der Waals surface area contributed by atoms with Gasteiger partial charge in [-0.15, -0.1) is 0 Å². The molecule has 1 aromatic rings. The maximum atomic E-state index is 12.2. The summed E-state index contributed by atoms with van der Waals surface area (Å²) in [6.07, 6.45) is 5.06. The predicted molar refractivity (Wildman–Crippen MR) is 86.2 cm³/mol. The van der Waals surface area contributed by atoms with Crippen molar-refractivity contribution in [1.82, 2.24) is 0 Å². The van der Waals surface area contributed by atoms with Crippen molar-refractivity contribution >= 4 is 20.1 Å². The van der Waals surface area contributed by atoms with E-state index in [1.54, 1.807) is 0 Å². The minimum absolute atomic E-state index is 0.0760. The van der Waals surface area contributed by atoms with Gasteiger partial charge in [0.2, 0.25) is 0 Å². The first kappa shape index (κ1) is 15.0. The molecule has 1 aliphatic carbocycles. The van der Waals surface area contributed by atoms with Gasteiger partial charge in [0.25, 0.3) is 0 Å². The lowest BCUT2D eigenvalue weighted by molar-refractivity contribution is -0.145. The third kappa shape index (κ3) is 3.40. The molecule has 0 unspecified atom stereocenters. The molecule has 2 atom stereocenters. The molecule has 0 radical (unpaired) electrons. The summed E-state index contributed by atoms with van der Waals surface area (Å²) >= 11 is 0. The minimum Gasteiger partial charge on any atom is -0.468 e. The molecule has 0 bridgehead atoms. The number of methoxy groups -OCH3 is 1. The molecule has 3 heteroatoms. The van der Waals surface area contributed by atoms with Crippen LogP contribution < -0.4 is 0 Å². The summed E-state index contributed by atoms with van der Waals surface area (Å²) in [5.74, 6) is 0.384. The normalized spacial score (nSPS) is 25.7. The minimum atomic E-state index is -1.16. The van der Waals surface area contributed by atoms with Crippen LogP contribution in [0.15, 0.2) is 36.4 Å². The van der Waals surface area contributed by atoms with E-state index in [1.807, 2.05) is 18.2 Å². The van der Waals surface area contributed by atoms with Gasteiger partial charge in [0.05, 0.1) is 12.5 Å². The first-order valence-corrected chi connectivity index (χ1v) is 10.9. The molecule has 1 fully saturated rings. The SMILES string of the molecule is COC(=O)[C@]1(/C=C/c2ccccc2)C[C@H]1C[Si](C)(C)C. The number of benzene rings is 1. The summed E-state index contributed by atoms with van der Waals surface area (Å²) in [5.41, 5.74) is 0.764. The Labute approximate surface area is 122 Å². The van der Waals surface area contributed by atoms with Crippen molar-refractivity contribution in [3.8, 4) is 0 Å². The summed E-state index contributed by atoms with van der Waals surface area (Å²) in [5, 5.41) is 0. The van der Waals surface area contributed by atoms with Crippen LogP contribution in [0.1, 0.15) is 12.0 Å². The molecule has 1 aliphatic rings. The summed E-state index contributed by atoms with van der Waals surface area (Å²) in [6.45, 7) is 7.07. The average Bonchev–Trinajstić information content (AvgIpc) is 3.08. The van der Waals surface area contributed by atoms with Crippen LogP contribution in [-0.4, -0.2) is 21.2 Å². The van der Waals surface area contributed by atoms with Crippen molar-refractivity contribution in [3.63, 3.8) is 0 Å². The van der Waals surface area contributed by atoms with Crippen LogP contribution >= 0.6 is 0 Å². The molecule has 0 aliphatic heterocycles. The maximum absolute atomic E-state index is 12.2. The number of hydrogen-bond donors (Lipinski definition) is 0. The lowest BCUT2D eigenvalue weighted by Crippen LogP contribution is -2.24. The van der Waals surface area contributed by atoms with Crippen molar-refractivity contribution in [3.05, 3.63) is 42.0 Å². The number of carbonyl (C=O) groups is 1. The molecule has 0 spiro atoms. The molecule has 0 aromatic heterocycles. The lowest BCUT2D eigenvalue weighted by atomic mass is 10.0. The van der Waals surface area contributed by atoms with Gasteiger partial charge in [0.1, 0.15) is 0 Å². The zero-order valence-corrected chi connectivity index (χ0v) is 13.8. The van der Waals surface area contributed by atoms with E-state index in [4.69, 9.17) is 4.74 Å². The number of esters is 1. The lowest BCUT2D eigenvalue weighted by Gasteiger charge is -2.17. The van der Waals surface area contributed by atoms with Crippen LogP contribution in [0.3, 0.4) is 0 Å². The van der Waals surface area contributed by atoms with E-state index in [0.717, 1.165) is 12.0 Å². The molecule has 0 N–H and O–H groups in total. The van der Waals surface area contributed by atoms with Crippen LogP contribution in [0.25, 0.3) is 6.08 Å². The summed E-state index contributed by atoms with van der Waals surface area (Å²) < 4.78 is 5.04. The van der Waals surface area contributed by atoms with E-state index >= 15 is 0 Å². The summed E-state index contributed by atoms with van der Waals surface area (Å²) in [4.78, 5) is 12.2. The van der Waals surface area contributed by atoms with Gasteiger partial charge in [-0.2, -0.15) is 0 Å². The van der Waals surface area contributed by atoms with Gasteiger partial charge in [-0.3, -0.25) is 4.79 Å². The monoisotopic (exact) mass is 288 g/mol. The molecular formula is C17H24O2Si. The molecule has 0 amide bonds. The molecule has 1 saturated carbocycles. The fourth-order valence-electron chi connectivity index (χ4n) is 2.86. The van der Waals surface area contributed by atoms with Gasteiger partial charge < -0.3 is 4.74 Å². The van der Waals surface area contributed by atoms with Crippen molar-refractivity contribution in [2.24, 2.45) is 11.3 Å². The summed E-state index contributed by atoms with van der Waals surface area (Å²) in [7, 11) is 0.335. The van der Waals surface area contributed by atoms with Gasteiger partial charge in [0, 0.05) is 8.07 Å². The fraction of sp³-hybridized carbons (Fsp3) is 0.471. The standard InChI is InChI=1S/C17H24O2Si/c1-19-16(18)17(12-15(17)13-20(2,3)4)11-10-14-8-6-5-7-9-14/h5-11,15H,12-13H2,1-4H3/b11-10+/t15-,17+/m0/s1. The molecule has 2 nitrogen and oxygen atoms in total. The summed E-state index contributed by atoms with van der Waals surface area (Å²) in [6, 6.07) is 11.3. The molecule has 108 valence electrons. The van der Waals surface area contributed by atoms with Crippen LogP contribution in [0.5, 0.6) is 0 Å². The first-order chi connectivity index (χ1) is 9.37. The molecule has 20 heavy (non-hydrogen) atoms. The Balaban J connectivity index is 2.15. The topological polar surface area (TPSA) is 26.3 Å². The molecular weight excluding hydrogens is 264 g/mol. The average molecular weight is 288 g/mol. The maximum Gasteiger partial charge on any atom is 0.315 e. The van der Waals surface area contributed by atoms with Crippen molar-refractivity contribution in [1.29, 1.82) is 0 Å². The zero-order valence-electron chi connectivity index (χ0n) is 12.8. The largest absolute Gasteiger partial charge is 0.468 e. The Bertz CT molecular complexity index is 501. The highest BCUT2D eigenvalue weighted by molar-refractivity contribution is 6.76. The Morgan fingerprint density at radius 3 is 2.55 bits per heavy atom. The Hall–Kier alpha value is -1.35.